The van der Waals surface area contributed by atoms with Gasteiger partial charge in [0.2, 0.25) is 0 Å². The van der Waals surface area contributed by atoms with Crippen LogP contribution in [-0.4, -0.2) is 20.5 Å². The summed E-state index contributed by atoms with van der Waals surface area (Å²) < 4.78 is 15.2. The molecule has 2 atom stereocenters. The van der Waals surface area contributed by atoms with E-state index in [2.05, 4.69) is 18.1 Å². The molecule has 3 nitrogen and oxygen atoms in total. The van der Waals surface area contributed by atoms with E-state index in [-0.39, 0.29) is 11.2 Å². The van der Waals surface area contributed by atoms with Crippen LogP contribution in [-0.2, 0) is 12.8 Å². The Kier molecular flexibility index (Phi) is 5.00. The predicted molar refractivity (Wildman–Crippen MR) is 122 cm³/mol. The molecule has 0 spiro atoms. The van der Waals surface area contributed by atoms with E-state index in [0.29, 0.717) is 22.9 Å². The lowest BCUT2D eigenvalue weighted by Crippen LogP contribution is -2.45. The monoisotopic (exact) mass is 456 g/mol. The van der Waals surface area contributed by atoms with E-state index in [0.717, 1.165) is 41.8 Å². The van der Waals surface area contributed by atoms with Crippen LogP contribution < -0.4 is 0 Å². The highest BCUT2D eigenvalue weighted by atomic mass is 35.5. The number of aryl methyl sites for hydroxylation is 1. The van der Waals surface area contributed by atoms with Crippen LogP contribution in [0.1, 0.15) is 43.0 Å². The molecule has 0 amide bonds. The smallest absolute Gasteiger partial charge is 0.123 e. The maximum atomic E-state index is 13.3. The van der Waals surface area contributed by atoms with Crippen LogP contribution in [0.3, 0.4) is 0 Å². The maximum Gasteiger partial charge on any atom is 0.123 e. The Bertz CT molecular complexity index is 1190. The molecule has 160 valence electrons. The van der Waals surface area contributed by atoms with Crippen LogP contribution in [0.2, 0.25) is 10.0 Å². The molecule has 0 saturated heterocycles. The Balaban J connectivity index is 1.43. The minimum atomic E-state index is -0.822. The Morgan fingerprint density at radius 1 is 1.16 bits per heavy atom. The number of aromatic nitrogens is 2. The molecule has 0 aliphatic heterocycles. The molecule has 1 N–H and O–H groups in total. The molecule has 0 bridgehead atoms. The van der Waals surface area contributed by atoms with Crippen molar-refractivity contribution >= 4 is 29.3 Å². The van der Waals surface area contributed by atoms with Crippen molar-refractivity contribution < 1.29 is 9.50 Å². The van der Waals surface area contributed by atoms with E-state index in [1.807, 2.05) is 23.0 Å². The average molecular weight is 457 g/mol. The van der Waals surface area contributed by atoms with E-state index in [1.54, 1.807) is 18.2 Å². The van der Waals surface area contributed by atoms with Gasteiger partial charge in [-0.2, -0.15) is 5.10 Å². The van der Waals surface area contributed by atoms with Crippen molar-refractivity contribution in [2.75, 3.05) is 0 Å². The number of halogens is 3. The number of hydrogen-bond acceptors (Lipinski definition) is 2. The minimum Gasteiger partial charge on any atom is -0.389 e. The molecule has 0 radical (unpaired) electrons. The van der Waals surface area contributed by atoms with Crippen LogP contribution in [0.5, 0.6) is 0 Å². The normalized spacial score (nSPS) is 24.6. The zero-order chi connectivity index (χ0) is 21.8. The summed E-state index contributed by atoms with van der Waals surface area (Å²) in [5, 5.41) is 17.6. The SMILES string of the molecule is CC12Cc3cnn(-c4ccc(F)cc4)c3C=C1CCC2(O)CCc1ccc(Cl)cc1Cl. The van der Waals surface area contributed by atoms with Crippen LogP contribution in [0, 0.1) is 11.2 Å². The predicted octanol–water partition coefficient (Wildman–Crippen LogP) is 6.42. The van der Waals surface area contributed by atoms with Gasteiger partial charge < -0.3 is 5.11 Å². The summed E-state index contributed by atoms with van der Waals surface area (Å²) in [5.41, 5.74) is 4.01. The summed E-state index contributed by atoms with van der Waals surface area (Å²) in [6.45, 7) is 2.16. The molecule has 3 aromatic rings. The summed E-state index contributed by atoms with van der Waals surface area (Å²) in [4.78, 5) is 0. The molecule has 2 unspecified atom stereocenters. The number of fused-ring (bicyclic) bond motifs is 2. The molecule has 1 heterocycles. The van der Waals surface area contributed by atoms with Gasteiger partial charge in [-0.05, 0) is 85.7 Å². The number of hydrogen-bond donors (Lipinski definition) is 1. The first-order valence-corrected chi connectivity index (χ1v) is 11.2. The van der Waals surface area contributed by atoms with E-state index in [9.17, 15) is 9.50 Å². The second-order valence-electron chi connectivity index (χ2n) is 8.89. The number of benzene rings is 2. The van der Waals surface area contributed by atoms with Gasteiger partial charge in [-0.3, -0.25) is 0 Å². The Morgan fingerprint density at radius 3 is 2.68 bits per heavy atom. The van der Waals surface area contributed by atoms with Gasteiger partial charge in [0, 0.05) is 15.5 Å². The third-order valence-corrected chi connectivity index (χ3v) is 7.77. The summed E-state index contributed by atoms with van der Waals surface area (Å²) in [6.07, 6.45) is 7.64. The fourth-order valence-corrected chi connectivity index (χ4v) is 5.69. The molecule has 2 aliphatic rings. The molecule has 2 aromatic carbocycles. The van der Waals surface area contributed by atoms with Gasteiger partial charge in [0.25, 0.3) is 0 Å². The van der Waals surface area contributed by atoms with E-state index < -0.39 is 5.60 Å². The van der Waals surface area contributed by atoms with Gasteiger partial charge in [0.15, 0.2) is 0 Å². The number of rotatable bonds is 4. The topological polar surface area (TPSA) is 38.0 Å². The third-order valence-electron chi connectivity index (χ3n) is 7.18. The molecule has 1 fully saturated rings. The zero-order valence-corrected chi connectivity index (χ0v) is 18.7. The van der Waals surface area contributed by atoms with Gasteiger partial charge >= 0.3 is 0 Å². The quantitative estimate of drug-likeness (QED) is 0.491. The Morgan fingerprint density at radius 2 is 1.94 bits per heavy atom. The van der Waals surface area contributed by atoms with Gasteiger partial charge in [0.1, 0.15) is 5.82 Å². The lowest BCUT2D eigenvalue weighted by atomic mass is 9.65. The summed E-state index contributed by atoms with van der Waals surface area (Å²) >= 11 is 12.4. The van der Waals surface area contributed by atoms with Crippen molar-refractivity contribution in [2.45, 2.75) is 44.6 Å². The first kappa shape index (κ1) is 20.7. The van der Waals surface area contributed by atoms with Crippen LogP contribution >= 0.6 is 23.2 Å². The fraction of sp³-hybridized carbons (Fsp3) is 0.320. The first-order chi connectivity index (χ1) is 14.8. The van der Waals surface area contributed by atoms with Crippen molar-refractivity contribution in [3.8, 4) is 5.69 Å². The largest absolute Gasteiger partial charge is 0.389 e. The van der Waals surface area contributed by atoms with Crippen molar-refractivity contribution in [3.63, 3.8) is 0 Å². The van der Waals surface area contributed by atoms with Crippen molar-refractivity contribution in [1.82, 2.24) is 9.78 Å². The zero-order valence-electron chi connectivity index (χ0n) is 17.2. The standard InChI is InChI=1S/C25H23Cl2FN2O/c1-24-14-17-15-29-30(21-6-4-20(28)5-7-21)23(17)12-18(24)9-11-25(24,31)10-8-16-2-3-19(26)13-22(16)27/h2-7,12-13,15,31H,8-11,14H2,1H3. The highest BCUT2D eigenvalue weighted by molar-refractivity contribution is 6.35. The molecular formula is C25H23Cl2FN2O. The van der Waals surface area contributed by atoms with Crippen molar-refractivity contribution in [2.24, 2.45) is 5.41 Å². The molecule has 1 saturated carbocycles. The third kappa shape index (κ3) is 3.42. The molecule has 1 aromatic heterocycles. The Hall–Kier alpha value is -2.14. The molecule has 2 aliphatic carbocycles. The van der Waals surface area contributed by atoms with Gasteiger partial charge in [0.05, 0.1) is 23.2 Å². The van der Waals surface area contributed by atoms with Crippen molar-refractivity contribution in [1.29, 1.82) is 0 Å². The second-order valence-corrected chi connectivity index (χ2v) is 9.73. The molecular weight excluding hydrogens is 434 g/mol. The summed E-state index contributed by atoms with van der Waals surface area (Å²) in [5.74, 6) is -0.266. The summed E-state index contributed by atoms with van der Waals surface area (Å²) in [6, 6.07) is 11.9. The number of nitrogens with zero attached hydrogens (tertiary/aromatic N) is 2. The molecule has 6 heteroatoms. The maximum absolute atomic E-state index is 13.3. The van der Waals surface area contributed by atoms with E-state index in [4.69, 9.17) is 23.2 Å². The van der Waals surface area contributed by atoms with Crippen LogP contribution in [0.25, 0.3) is 11.8 Å². The highest BCUT2D eigenvalue weighted by Gasteiger charge is 2.54. The van der Waals surface area contributed by atoms with Gasteiger partial charge in [-0.1, -0.05) is 41.8 Å². The molecule has 31 heavy (non-hydrogen) atoms. The molecule has 5 rings (SSSR count). The highest BCUT2D eigenvalue weighted by Crippen LogP contribution is 2.57. The number of aliphatic hydroxyl groups is 1. The fourth-order valence-electron chi connectivity index (χ4n) is 5.18. The minimum absolute atomic E-state index is 0.266. The summed E-state index contributed by atoms with van der Waals surface area (Å²) in [7, 11) is 0. The van der Waals surface area contributed by atoms with E-state index >= 15 is 0 Å². The Labute approximate surface area is 191 Å². The second kappa shape index (κ2) is 7.47. The van der Waals surface area contributed by atoms with E-state index in [1.165, 1.54) is 17.7 Å². The van der Waals surface area contributed by atoms with Crippen LogP contribution in [0.4, 0.5) is 4.39 Å². The van der Waals surface area contributed by atoms with Gasteiger partial charge in [-0.25, -0.2) is 9.07 Å². The lowest BCUT2D eigenvalue weighted by Gasteiger charge is -2.42. The average Bonchev–Trinajstić information content (AvgIpc) is 3.24. The lowest BCUT2D eigenvalue weighted by molar-refractivity contribution is -0.0461. The first-order valence-electron chi connectivity index (χ1n) is 10.5. The van der Waals surface area contributed by atoms with Crippen LogP contribution in [0.15, 0.2) is 54.2 Å². The van der Waals surface area contributed by atoms with Crippen molar-refractivity contribution in [3.05, 3.63) is 86.9 Å². The van der Waals surface area contributed by atoms with Gasteiger partial charge in [-0.15, -0.1) is 0 Å².